The molecule has 1 N–H and O–H groups in total. The van der Waals surface area contributed by atoms with Crippen molar-refractivity contribution in [2.45, 2.75) is 37.7 Å². The van der Waals surface area contributed by atoms with E-state index in [1.807, 2.05) is 0 Å². The van der Waals surface area contributed by atoms with Crippen LogP contribution in [0, 0.1) is 13.8 Å². The standard InChI is InChI=1S/C13H19ClN2O5/c1-6-7(2)16(13(18)15-11(6)17)12-9(14)10(20-4)8(21-12)5-19-3/h8-10,12H,5H2,1-4H3,(H,15,17,18). The molecule has 2 rings (SSSR count). The van der Waals surface area contributed by atoms with Crippen molar-refractivity contribution in [3.63, 3.8) is 0 Å². The summed E-state index contributed by atoms with van der Waals surface area (Å²) in [5.74, 6) is 0. The number of hydrogen-bond donors (Lipinski definition) is 1. The van der Waals surface area contributed by atoms with Crippen molar-refractivity contribution < 1.29 is 14.2 Å². The fourth-order valence-corrected chi connectivity index (χ4v) is 2.97. The zero-order chi connectivity index (χ0) is 15.7. The number of nitrogens with zero attached hydrogens (tertiary/aromatic N) is 1. The number of hydrogen-bond acceptors (Lipinski definition) is 5. The van der Waals surface area contributed by atoms with Crippen molar-refractivity contribution in [2.75, 3.05) is 20.8 Å². The minimum Gasteiger partial charge on any atom is -0.382 e. The minimum absolute atomic E-state index is 0.300. The number of halogens is 1. The number of rotatable bonds is 4. The number of nitrogens with one attached hydrogen (secondary N) is 1. The summed E-state index contributed by atoms with van der Waals surface area (Å²) < 4.78 is 17.6. The zero-order valence-electron chi connectivity index (χ0n) is 12.4. The van der Waals surface area contributed by atoms with Crippen molar-refractivity contribution in [3.05, 3.63) is 32.1 Å². The Labute approximate surface area is 126 Å². The average molecular weight is 319 g/mol. The van der Waals surface area contributed by atoms with Gasteiger partial charge in [0.1, 0.15) is 17.6 Å². The molecule has 0 bridgehead atoms. The quantitative estimate of drug-likeness (QED) is 0.808. The molecular weight excluding hydrogens is 300 g/mol. The van der Waals surface area contributed by atoms with Crippen molar-refractivity contribution in [2.24, 2.45) is 0 Å². The first kappa shape index (κ1) is 16.2. The number of aromatic nitrogens is 2. The zero-order valence-corrected chi connectivity index (χ0v) is 13.1. The third-order valence-corrected chi connectivity index (χ3v) is 4.27. The molecule has 7 nitrogen and oxygen atoms in total. The van der Waals surface area contributed by atoms with Crippen LogP contribution in [0.15, 0.2) is 9.59 Å². The lowest BCUT2D eigenvalue weighted by Crippen LogP contribution is -2.39. The molecule has 1 fully saturated rings. The maximum atomic E-state index is 12.1. The van der Waals surface area contributed by atoms with Crippen LogP contribution in [-0.2, 0) is 14.2 Å². The molecule has 0 aromatic carbocycles. The predicted octanol–water partition coefficient (Wildman–Crippen LogP) is 0.320. The molecular formula is C13H19ClN2O5. The van der Waals surface area contributed by atoms with E-state index in [2.05, 4.69) is 4.98 Å². The Morgan fingerprint density at radius 3 is 2.57 bits per heavy atom. The summed E-state index contributed by atoms with van der Waals surface area (Å²) in [4.78, 5) is 26.0. The minimum atomic E-state index is -0.722. The van der Waals surface area contributed by atoms with Crippen molar-refractivity contribution in [3.8, 4) is 0 Å². The second-order valence-corrected chi connectivity index (χ2v) is 5.51. The molecule has 8 heteroatoms. The highest BCUT2D eigenvalue weighted by molar-refractivity contribution is 6.21. The molecule has 21 heavy (non-hydrogen) atoms. The second kappa shape index (κ2) is 6.31. The summed E-state index contributed by atoms with van der Waals surface area (Å²) in [7, 11) is 3.08. The SMILES string of the molecule is COCC1OC(n2c(C)c(C)c(=O)[nH]c2=O)C(Cl)C1OC. The topological polar surface area (TPSA) is 82.5 Å². The van der Waals surface area contributed by atoms with Gasteiger partial charge in [0.25, 0.3) is 5.56 Å². The Morgan fingerprint density at radius 2 is 2.00 bits per heavy atom. The smallest absolute Gasteiger partial charge is 0.330 e. The van der Waals surface area contributed by atoms with Gasteiger partial charge < -0.3 is 14.2 Å². The molecule has 118 valence electrons. The molecule has 0 radical (unpaired) electrons. The van der Waals surface area contributed by atoms with Gasteiger partial charge in [-0.2, -0.15) is 0 Å². The third-order valence-electron chi connectivity index (χ3n) is 3.81. The maximum Gasteiger partial charge on any atom is 0.330 e. The molecule has 1 aromatic rings. The first-order chi connectivity index (χ1) is 9.92. The molecule has 1 aromatic heterocycles. The van der Waals surface area contributed by atoms with Crippen LogP contribution in [0.3, 0.4) is 0 Å². The van der Waals surface area contributed by atoms with Gasteiger partial charge in [0.15, 0.2) is 6.23 Å². The Bertz CT molecular complexity index is 626. The van der Waals surface area contributed by atoms with Crippen LogP contribution < -0.4 is 11.2 Å². The van der Waals surface area contributed by atoms with Gasteiger partial charge >= 0.3 is 5.69 Å². The molecule has 1 saturated heterocycles. The molecule has 0 spiro atoms. The van der Waals surface area contributed by atoms with Gasteiger partial charge in [-0.25, -0.2) is 4.79 Å². The Hall–Kier alpha value is -1.15. The van der Waals surface area contributed by atoms with Gasteiger partial charge in [-0.15, -0.1) is 11.6 Å². The number of ether oxygens (including phenoxy) is 3. The molecule has 1 aliphatic heterocycles. The third kappa shape index (κ3) is 2.78. The van der Waals surface area contributed by atoms with E-state index in [1.165, 1.54) is 11.7 Å². The summed E-state index contributed by atoms with van der Waals surface area (Å²) in [5.41, 5.74) is 0.0137. The Balaban J connectivity index is 2.46. The van der Waals surface area contributed by atoms with E-state index < -0.39 is 29.0 Å². The fraction of sp³-hybridized carbons (Fsp3) is 0.692. The van der Waals surface area contributed by atoms with E-state index in [4.69, 9.17) is 25.8 Å². The summed E-state index contributed by atoms with van der Waals surface area (Å²) in [5, 5.41) is -0.572. The van der Waals surface area contributed by atoms with Gasteiger partial charge in [-0.1, -0.05) is 0 Å². The molecule has 0 amide bonds. The molecule has 4 unspecified atom stereocenters. The highest BCUT2D eigenvalue weighted by Crippen LogP contribution is 2.35. The van der Waals surface area contributed by atoms with Crippen LogP contribution in [0.1, 0.15) is 17.5 Å². The average Bonchev–Trinajstić information content (AvgIpc) is 2.73. The molecule has 2 heterocycles. The van der Waals surface area contributed by atoms with Gasteiger partial charge in [0.05, 0.1) is 6.61 Å². The number of alkyl halides is 1. The van der Waals surface area contributed by atoms with Crippen molar-refractivity contribution in [1.29, 1.82) is 0 Å². The van der Waals surface area contributed by atoms with E-state index >= 15 is 0 Å². The molecule has 1 aliphatic rings. The monoisotopic (exact) mass is 318 g/mol. The van der Waals surface area contributed by atoms with Crippen LogP contribution in [-0.4, -0.2) is 48.0 Å². The summed E-state index contributed by atoms with van der Waals surface area (Å²) in [6.07, 6.45) is -1.51. The summed E-state index contributed by atoms with van der Waals surface area (Å²) >= 11 is 6.39. The lowest BCUT2D eigenvalue weighted by molar-refractivity contribution is -0.0623. The van der Waals surface area contributed by atoms with Crippen LogP contribution in [0.2, 0.25) is 0 Å². The lowest BCUT2D eigenvalue weighted by Gasteiger charge is -2.20. The van der Waals surface area contributed by atoms with E-state index in [1.54, 1.807) is 21.0 Å². The largest absolute Gasteiger partial charge is 0.382 e. The molecule has 0 aliphatic carbocycles. The predicted molar refractivity (Wildman–Crippen MR) is 77.0 cm³/mol. The highest BCUT2D eigenvalue weighted by atomic mass is 35.5. The van der Waals surface area contributed by atoms with Gasteiger partial charge in [0.2, 0.25) is 0 Å². The fourth-order valence-electron chi connectivity index (χ4n) is 2.54. The number of H-pyrrole nitrogens is 1. The van der Waals surface area contributed by atoms with Crippen LogP contribution in [0.5, 0.6) is 0 Å². The first-order valence-electron chi connectivity index (χ1n) is 6.55. The second-order valence-electron chi connectivity index (χ2n) is 5.00. The molecule has 0 saturated carbocycles. The van der Waals surface area contributed by atoms with E-state index in [-0.39, 0.29) is 6.10 Å². The summed E-state index contributed by atoms with van der Waals surface area (Å²) in [6.45, 7) is 3.63. The normalized spacial score (nSPS) is 29.0. The van der Waals surface area contributed by atoms with Gasteiger partial charge in [0, 0.05) is 25.5 Å². The van der Waals surface area contributed by atoms with Crippen molar-refractivity contribution >= 4 is 11.6 Å². The molecule has 4 atom stereocenters. The van der Waals surface area contributed by atoms with E-state index in [0.29, 0.717) is 17.9 Å². The van der Waals surface area contributed by atoms with Crippen LogP contribution >= 0.6 is 11.6 Å². The van der Waals surface area contributed by atoms with Crippen LogP contribution in [0.25, 0.3) is 0 Å². The first-order valence-corrected chi connectivity index (χ1v) is 6.99. The number of methoxy groups -OCH3 is 2. The Kier molecular flexibility index (Phi) is 4.88. The summed E-state index contributed by atoms with van der Waals surface area (Å²) in [6, 6.07) is 0. The van der Waals surface area contributed by atoms with Gasteiger partial charge in [-0.05, 0) is 13.8 Å². The van der Waals surface area contributed by atoms with E-state index in [0.717, 1.165) is 0 Å². The van der Waals surface area contributed by atoms with E-state index in [9.17, 15) is 9.59 Å². The van der Waals surface area contributed by atoms with Gasteiger partial charge in [-0.3, -0.25) is 14.3 Å². The Morgan fingerprint density at radius 1 is 1.33 bits per heavy atom. The van der Waals surface area contributed by atoms with Crippen molar-refractivity contribution in [1.82, 2.24) is 9.55 Å². The number of aromatic amines is 1. The highest BCUT2D eigenvalue weighted by Gasteiger charge is 2.45. The maximum absolute atomic E-state index is 12.1. The lowest BCUT2D eigenvalue weighted by atomic mass is 10.1. The van der Waals surface area contributed by atoms with Crippen LogP contribution in [0.4, 0.5) is 0 Å².